The fourth-order valence-corrected chi connectivity index (χ4v) is 4.66. The molecule has 5 rings (SSSR count). The Kier molecular flexibility index (Phi) is 2.59. The minimum atomic E-state index is -0.868. The summed E-state index contributed by atoms with van der Waals surface area (Å²) in [7, 11) is 1.71. The van der Waals surface area contributed by atoms with Crippen molar-refractivity contribution in [2.24, 2.45) is 22.1 Å². The molecule has 1 aliphatic heterocycles. The molecule has 2 N–H and O–H groups in total. The van der Waals surface area contributed by atoms with E-state index in [1.54, 1.807) is 19.4 Å². The van der Waals surface area contributed by atoms with Crippen molar-refractivity contribution in [1.82, 2.24) is 14.9 Å². The molecule has 2 aliphatic carbocycles. The predicted octanol–water partition coefficient (Wildman–Crippen LogP) is 1.71. The molecular formula is C19H19N5O. The van der Waals surface area contributed by atoms with Gasteiger partial charge in [0.2, 0.25) is 0 Å². The largest absolute Gasteiger partial charge is 0.369 e. The number of guanidine groups is 1. The minimum Gasteiger partial charge on any atom is -0.369 e. The molecule has 6 heteroatoms. The first-order chi connectivity index (χ1) is 12.0. The van der Waals surface area contributed by atoms with E-state index < -0.39 is 5.54 Å². The van der Waals surface area contributed by atoms with Crippen molar-refractivity contribution >= 4 is 11.9 Å². The SMILES string of the molecule is CN1C(=O)C2(N=C1N)c1cc(-c3cncnc3)ccc1CC1(C)CC12. The van der Waals surface area contributed by atoms with Crippen LogP contribution < -0.4 is 5.73 Å². The Morgan fingerprint density at radius 2 is 2.00 bits per heavy atom. The number of nitrogens with zero attached hydrogens (tertiary/aromatic N) is 4. The molecule has 3 aliphatic rings. The molecule has 3 atom stereocenters. The lowest BCUT2D eigenvalue weighted by Gasteiger charge is -2.35. The molecule has 1 aromatic heterocycles. The zero-order valence-electron chi connectivity index (χ0n) is 14.2. The number of fused-ring (bicyclic) bond motifs is 4. The van der Waals surface area contributed by atoms with E-state index in [9.17, 15) is 4.79 Å². The van der Waals surface area contributed by atoms with Crippen LogP contribution in [0.15, 0.2) is 41.9 Å². The van der Waals surface area contributed by atoms with Crippen LogP contribution in [0.2, 0.25) is 0 Å². The van der Waals surface area contributed by atoms with Crippen LogP contribution >= 0.6 is 0 Å². The Hall–Kier alpha value is -2.76. The van der Waals surface area contributed by atoms with Gasteiger partial charge in [-0.15, -0.1) is 0 Å². The predicted molar refractivity (Wildman–Crippen MR) is 93.5 cm³/mol. The molecule has 1 amide bonds. The van der Waals surface area contributed by atoms with Gasteiger partial charge in [-0.25, -0.2) is 15.0 Å². The van der Waals surface area contributed by atoms with Crippen LogP contribution in [-0.4, -0.2) is 33.8 Å². The van der Waals surface area contributed by atoms with E-state index in [1.807, 2.05) is 0 Å². The highest BCUT2D eigenvalue weighted by atomic mass is 16.2. The first-order valence-corrected chi connectivity index (χ1v) is 8.48. The van der Waals surface area contributed by atoms with Crippen molar-refractivity contribution in [1.29, 1.82) is 0 Å². The average molecular weight is 333 g/mol. The van der Waals surface area contributed by atoms with Gasteiger partial charge < -0.3 is 5.73 Å². The molecule has 1 aromatic carbocycles. The van der Waals surface area contributed by atoms with E-state index in [1.165, 1.54) is 16.8 Å². The van der Waals surface area contributed by atoms with Gasteiger partial charge in [-0.05, 0) is 41.0 Å². The molecule has 6 nitrogen and oxygen atoms in total. The van der Waals surface area contributed by atoms with Crippen LogP contribution in [0.25, 0.3) is 11.1 Å². The van der Waals surface area contributed by atoms with E-state index >= 15 is 0 Å². The number of likely N-dealkylation sites (N-methyl/N-ethyl adjacent to an activating group) is 1. The third-order valence-electron chi connectivity index (χ3n) is 6.13. The quantitative estimate of drug-likeness (QED) is 0.861. The van der Waals surface area contributed by atoms with Crippen molar-refractivity contribution in [2.45, 2.75) is 25.3 Å². The third kappa shape index (κ3) is 1.74. The van der Waals surface area contributed by atoms with Gasteiger partial charge in [0.15, 0.2) is 11.5 Å². The summed E-state index contributed by atoms with van der Waals surface area (Å²) in [5, 5.41) is 0. The summed E-state index contributed by atoms with van der Waals surface area (Å²) in [5.74, 6) is 0.507. The third-order valence-corrected chi connectivity index (χ3v) is 6.13. The maximum atomic E-state index is 13.2. The van der Waals surface area contributed by atoms with Gasteiger partial charge in [-0.3, -0.25) is 9.69 Å². The number of hydrogen-bond donors (Lipinski definition) is 1. The van der Waals surface area contributed by atoms with E-state index in [4.69, 9.17) is 10.7 Å². The monoisotopic (exact) mass is 333 g/mol. The summed E-state index contributed by atoms with van der Waals surface area (Å²) in [4.78, 5) is 27.6. The molecule has 3 unspecified atom stereocenters. The van der Waals surface area contributed by atoms with Gasteiger partial charge in [0.1, 0.15) is 6.33 Å². The highest BCUT2D eigenvalue weighted by Crippen LogP contribution is 2.68. The van der Waals surface area contributed by atoms with Gasteiger partial charge in [0, 0.05) is 30.9 Å². The molecule has 0 radical (unpaired) electrons. The molecule has 1 saturated carbocycles. The Morgan fingerprint density at radius 1 is 1.24 bits per heavy atom. The van der Waals surface area contributed by atoms with Crippen LogP contribution in [-0.2, 0) is 16.8 Å². The maximum Gasteiger partial charge on any atom is 0.262 e. The maximum absolute atomic E-state index is 13.2. The van der Waals surface area contributed by atoms with E-state index in [2.05, 4.69) is 35.1 Å². The van der Waals surface area contributed by atoms with Gasteiger partial charge in [-0.1, -0.05) is 19.1 Å². The summed E-state index contributed by atoms with van der Waals surface area (Å²) in [6.45, 7) is 2.25. The summed E-state index contributed by atoms with van der Waals surface area (Å²) < 4.78 is 0. The Morgan fingerprint density at radius 3 is 2.68 bits per heavy atom. The topological polar surface area (TPSA) is 84.5 Å². The molecule has 126 valence electrons. The number of nitrogens with two attached hydrogens (primary N) is 1. The van der Waals surface area contributed by atoms with Gasteiger partial charge >= 0.3 is 0 Å². The lowest BCUT2D eigenvalue weighted by molar-refractivity contribution is -0.132. The van der Waals surface area contributed by atoms with Crippen LogP contribution in [0.3, 0.4) is 0 Å². The zero-order chi connectivity index (χ0) is 17.4. The zero-order valence-corrected chi connectivity index (χ0v) is 14.2. The first kappa shape index (κ1) is 14.6. The molecule has 2 aromatic rings. The second-order valence-corrected chi connectivity index (χ2v) is 7.69. The number of aliphatic imine (C=N–C) groups is 1. The lowest BCUT2D eigenvalue weighted by Crippen LogP contribution is -2.45. The van der Waals surface area contributed by atoms with Crippen molar-refractivity contribution in [2.75, 3.05) is 7.05 Å². The number of rotatable bonds is 1. The number of amides is 1. The van der Waals surface area contributed by atoms with Crippen molar-refractivity contribution in [3.05, 3.63) is 48.0 Å². The fraction of sp³-hybridized carbons (Fsp3) is 0.368. The molecule has 0 bridgehead atoms. The second-order valence-electron chi connectivity index (χ2n) is 7.69. The summed E-state index contributed by atoms with van der Waals surface area (Å²) >= 11 is 0. The number of carbonyl (C=O) groups excluding carboxylic acids is 1. The summed E-state index contributed by atoms with van der Waals surface area (Å²) in [5.41, 5.74) is 9.42. The molecule has 1 spiro atoms. The Balaban J connectivity index is 1.74. The number of hydrogen-bond acceptors (Lipinski definition) is 5. The standard InChI is InChI=1S/C19H19N5O/c1-18-6-12-4-3-11(13-8-21-10-22-9-13)5-14(12)19(15(18)7-18)16(25)24(2)17(20)23-19/h3-5,8-10,15H,6-7H2,1-2H3,(H2,20,23). The Labute approximate surface area is 145 Å². The molecule has 1 fully saturated rings. The molecular weight excluding hydrogens is 314 g/mol. The highest BCUT2D eigenvalue weighted by molar-refractivity contribution is 6.08. The Bertz CT molecular complexity index is 940. The normalized spacial score (nSPS) is 32.4. The number of carbonyl (C=O) groups is 1. The first-order valence-electron chi connectivity index (χ1n) is 8.48. The molecule has 2 heterocycles. The molecule has 25 heavy (non-hydrogen) atoms. The van der Waals surface area contributed by atoms with Gasteiger partial charge in [0.25, 0.3) is 5.91 Å². The van der Waals surface area contributed by atoms with E-state index in [0.29, 0.717) is 5.96 Å². The minimum absolute atomic E-state index is 0.0128. The smallest absolute Gasteiger partial charge is 0.262 e. The van der Waals surface area contributed by atoms with Crippen LogP contribution in [0.1, 0.15) is 24.5 Å². The number of aromatic nitrogens is 2. The molecule has 0 saturated heterocycles. The van der Waals surface area contributed by atoms with Crippen molar-refractivity contribution < 1.29 is 4.79 Å². The lowest BCUT2D eigenvalue weighted by atomic mass is 9.71. The van der Waals surface area contributed by atoms with Crippen molar-refractivity contribution in [3.8, 4) is 11.1 Å². The van der Waals surface area contributed by atoms with Crippen molar-refractivity contribution in [3.63, 3.8) is 0 Å². The average Bonchev–Trinajstić information content (AvgIpc) is 3.26. The van der Waals surface area contributed by atoms with Gasteiger partial charge in [0.05, 0.1) is 0 Å². The second kappa shape index (κ2) is 4.45. The number of benzene rings is 1. The van der Waals surface area contributed by atoms with Crippen LogP contribution in [0, 0.1) is 11.3 Å². The van der Waals surface area contributed by atoms with E-state index in [-0.39, 0.29) is 17.2 Å². The summed E-state index contributed by atoms with van der Waals surface area (Å²) in [6.07, 6.45) is 7.06. The fourth-order valence-electron chi connectivity index (χ4n) is 4.66. The van der Waals surface area contributed by atoms with E-state index in [0.717, 1.165) is 29.5 Å². The van der Waals surface area contributed by atoms with Crippen LogP contribution in [0.5, 0.6) is 0 Å². The van der Waals surface area contributed by atoms with Crippen LogP contribution in [0.4, 0.5) is 0 Å². The highest BCUT2D eigenvalue weighted by Gasteiger charge is 2.70. The summed E-state index contributed by atoms with van der Waals surface area (Å²) in [6, 6.07) is 6.28. The van der Waals surface area contributed by atoms with Gasteiger partial charge in [-0.2, -0.15) is 0 Å².